The van der Waals surface area contributed by atoms with E-state index in [1.54, 1.807) is 6.07 Å². The Hall–Kier alpha value is -1.23. The second kappa shape index (κ2) is 4.80. The molecule has 0 fully saturated rings. The monoisotopic (exact) mass is 259 g/mol. The van der Waals surface area contributed by atoms with Gasteiger partial charge < -0.3 is 10.1 Å². The van der Waals surface area contributed by atoms with Crippen LogP contribution in [0.3, 0.4) is 0 Å². The Balaban J connectivity index is 2.31. The number of ether oxygens (including phenoxy) is 1. The average Bonchev–Trinajstić information content (AvgIpc) is 2.25. The van der Waals surface area contributed by atoms with Crippen molar-refractivity contribution in [2.24, 2.45) is 5.92 Å². The molecule has 0 spiro atoms. The molecule has 0 bridgehead atoms. The zero-order valence-electron chi connectivity index (χ0n) is 10.3. The number of rotatable bonds is 2. The summed E-state index contributed by atoms with van der Waals surface area (Å²) in [5.74, 6) is 0.181. The minimum Gasteiger partial charge on any atom is -0.406 e. The third kappa shape index (κ3) is 2.96. The lowest BCUT2D eigenvalue weighted by molar-refractivity contribution is -0.274. The van der Waals surface area contributed by atoms with Crippen molar-refractivity contribution in [3.8, 4) is 5.75 Å². The van der Waals surface area contributed by atoms with E-state index in [-0.39, 0.29) is 11.8 Å². The molecular weight excluding hydrogens is 243 g/mol. The van der Waals surface area contributed by atoms with Gasteiger partial charge in [0.05, 0.1) is 0 Å². The van der Waals surface area contributed by atoms with Crippen LogP contribution >= 0.6 is 0 Å². The first kappa shape index (κ1) is 13.2. The van der Waals surface area contributed by atoms with Crippen LogP contribution < -0.4 is 10.1 Å². The normalized spacial score (nSPS) is 19.8. The Morgan fingerprint density at radius 2 is 2.06 bits per heavy atom. The van der Waals surface area contributed by atoms with Gasteiger partial charge in [0.1, 0.15) is 5.75 Å². The Morgan fingerprint density at radius 3 is 2.67 bits per heavy atom. The van der Waals surface area contributed by atoms with Crippen molar-refractivity contribution in [3.63, 3.8) is 0 Å². The summed E-state index contributed by atoms with van der Waals surface area (Å²) in [4.78, 5) is 0. The quantitative estimate of drug-likeness (QED) is 0.878. The van der Waals surface area contributed by atoms with Crippen molar-refractivity contribution < 1.29 is 17.9 Å². The van der Waals surface area contributed by atoms with E-state index in [2.05, 4.69) is 10.1 Å². The van der Waals surface area contributed by atoms with E-state index in [4.69, 9.17) is 0 Å². The van der Waals surface area contributed by atoms with Crippen LogP contribution in [0.15, 0.2) is 18.2 Å². The molecule has 1 aromatic carbocycles. The number of alkyl halides is 3. The van der Waals surface area contributed by atoms with Crippen LogP contribution in [0.1, 0.15) is 31.0 Å². The summed E-state index contributed by atoms with van der Waals surface area (Å²) in [7, 11) is 0. The molecule has 1 unspecified atom stereocenters. The van der Waals surface area contributed by atoms with E-state index in [1.807, 2.05) is 13.8 Å². The van der Waals surface area contributed by atoms with E-state index in [0.717, 1.165) is 24.1 Å². The molecule has 1 aliphatic heterocycles. The number of hydrogen-bond donors (Lipinski definition) is 1. The van der Waals surface area contributed by atoms with Crippen molar-refractivity contribution in [1.29, 1.82) is 0 Å². The predicted molar refractivity (Wildman–Crippen MR) is 62.4 cm³/mol. The number of halogens is 3. The Kier molecular flexibility index (Phi) is 3.52. The van der Waals surface area contributed by atoms with Crippen LogP contribution in [-0.2, 0) is 6.42 Å². The van der Waals surface area contributed by atoms with Crippen LogP contribution in [0.25, 0.3) is 0 Å². The zero-order valence-corrected chi connectivity index (χ0v) is 10.3. The maximum atomic E-state index is 12.2. The van der Waals surface area contributed by atoms with Gasteiger partial charge in [0.25, 0.3) is 0 Å². The van der Waals surface area contributed by atoms with Crippen molar-refractivity contribution in [2.75, 3.05) is 6.54 Å². The molecule has 5 heteroatoms. The molecule has 0 saturated heterocycles. The van der Waals surface area contributed by atoms with Gasteiger partial charge in [-0.2, -0.15) is 0 Å². The number of benzene rings is 1. The van der Waals surface area contributed by atoms with Crippen LogP contribution in [0.4, 0.5) is 13.2 Å². The summed E-state index contributed by atoms with van der Waals surface area (Å²) in [6.07, 6.45) is -3.80. The molecule has 0 radical (unpaired) electrons. The highest BCUT2D eigenvalue weighted by Crippen LogP contribution is 2.33. The fourth-order valence-electron chi connectivity index (χ4n) is 2.35. The maximum absolute atomic E-state index is 12.2. The smallest absolute Gasteiger partial charge is 0.406 e. The highest BCUT2D eigenvalue weighted by molar-refractivity contribution is 5.39. The SMILES string of the molecule is CC(C)C1NCCc2ccc(OC(F)(F)F)cc21. The lowest BCUT2D eigenvalue weighted by atomic mass is 9.88. The molecule has 18 heavy (non-hydrogen) atoms. The van der Waals surface area contributed by atoms with Gasteiger partial charge in [-0.15, -0.1) is 13.2 Å². The molecule has 1 aliphatic rings. The summed E-state index contributed by atoms with van der Waals surface area (Å²) < 4.78 is 40.5. The first-order chi connectivity index (χ1) is 8.37. The van der Waals surface area contributed by atoms with Crippen LogP contribution in [-0.4, -0.2) is 12.9 Å². The molecule has 100 valence electrons. The molecule has 1 aromatic rings. The van der Waals surface area contributed by atoms with Crippen molar-refractivity contribution >= 4 is 0 Å². The average molecular weight is 259 g/mol. The van der Waals surface area contributed by atoms with Crippen LogP contribution in [0.2, 0.25) is 0 Å². The van der Waals surface area contributed by atoms with Gasteiger partial charge in [-0.05, 0) is 42.1 Å². The zero-order chi connectivity index (χ0) is 13.3. The lowest BCUT2D eigenvalue weighted by Gasteiger charge is -2.30. The van der Waals surface area contributed by atoms with E-state index in [9.17, 15) is 13.2 Å². The van der Waals surface area contributed by atoms with Gasteiger partial charge in [0.15, 0.2) is 0 Å². The van der Waals surface area contributed by atoms with Crippen molar-refractivity contribution in [3.05, 3.63) is 29.3 Å². The standard InChI is InChI=1S/C13H16F3NO/c1-8(2)12-11-7-10(18-13(14,15)16)4-3-9(11)5-6-17-12/h3-4,7-8,12,17H,5-6H2,1-2H3. The first-order valence-electron chi connectivity index (χ1n) is 5.99. The lowest BCUT2D eigenvalue weighted by Crippen LogP contribution is -2.33. The summed E-state index contributed by atoms with van der Waals surface area (Å²) >= 11 is 0. The predicted octanol–water partition coefficient (Wildman–Crippen LogP) is 3.43. The molecule has 1 N–H and O–H groups in total. The first-order valence-corrected chi connectivity index (χ1v) is 5.99. The molecule has 1 atom stereocenters. The third-order valence-corrected chi connectivity index (χ3v) is 3.11. The van der Waals surface area contributed by atoms with Gasteiger partial charge in [-0.3, -0.25) is 0 Å². The number of nitrogens with one attached hydrogen (secondary N) is 1. The second-order valence-electron chi connectivity index (χ2n) is 4.83. The highest BCUT2D eigenvalue weighted by atomic mass is 19.4. The minimum absolute atomic E-state index is 0.0885. The van der Waals surface area contributed by atoms with Gasteiger partial charge in [0.2, 0.25) is 0 Å². The Labute approximate surface area is 104 Å². The van der Waals surface area contributed by atoms with Gasteiger partial charge in [-0.25, -0.2) is 0 Å². The molecule has 2 rings (SSSR count). The summed E-state index contributed by atoms with van der Waals surface area (Å²) in [5, 5.41) is 3.33. The van der Waals surface area contributed by atoms with Gasteiger partial charge in [0, 0.05) is 6.04 Å². The summed E-state index contributed by atoms with van der Waals surface area (Å²) in [6.45, 7) is 4.95. The Bertz CT molecular complexity index is 429. The van der Waals surface area contributed by atoms with E-state index in [1.165, 1.54) is 12.1 Å². The van der Waals surface area contributed by atoms with Gasteiger partial charge in [-0.1, -0.05) is 19.9 Å². The third-order valence-electron chi connectivity index (χ3n) is 3.11. The van der Waals surface area contributed by atoms with Gasteiger partial charge >= 0.3 is 6.36 Å². The largest absolute Gasteiger partial charge is 0.573 e. The molecule has 2 nitrogen and oxygen atoms in total. The fraction of sp³-hybridized carbons (Fsp3) is 0.538. The van der Waals surface area contributed by atoms with E-state index >= 15 is 0 Å². The number of fused-ring (bicyclic) bond motifs is 1. The Morgan fingerprint density at radius 1 is 1.33 bits per heavy atom. The molecule has 0 saturated carbocycles. The van der Waals surface area contributed by atoms with Crippen LogP contribution in [0, 0.1) is 5.92 Å². The molecular formula is C13H16F3NO. The van der Waals surface area contributed by atoms with E-state index < -0.39 is 6.36 Å². The fourth-order valence-corrected chi connectivity index (χ4v) is 2.35. The van der Waals surface area contributed by atoms with Crippen molar-refractivity contribution in [1.82, 2.24) is 5.32 Å². The second-order valence-corrected chi connectivity index (χ2v) is 4.83. The number of hydrogen-bond acceptors (Lipinski definition) is 2. The minimum atomic E-state index is -4.64. The molecule has 0 amide bonds. The highest BCUT2D eigenvalue weighted by Gasteiger charge is 2.32. The maximum Gasteiger partial charge on any atom is 0.573 e. The molecule has 1 heterocycles. The summed E-state index contributed by atoms with van der Waals surface area (Å²) in [6, 6.07) is 4.70. The molecule has 0 aliphatic carbocycles. The van der Waals surface area contributed by atoms with Crippen molar-refractivity contribution in [2.45, 2.75) is 32.7 Å². The van der Waals surface area contributed by atoms with E-state index in [0.29, 0.717) is 5.92 Å². The molecule has 0 aromatic heterocycles. The van der Waals surface area contributed by atoms with Crippen LogP contribution in [0.5, 0.6) is 5.75 Å². The topological polar surface area (TPSA) is 21.3 Å². The summed E-state index contributed by atoms with van der Waals surface area (Å²) in [5.41, 5.74) is 2.01.